The van der Waals surface area contributed by atoms with Gasteiger partial charge in [0.1, 0.15) is 5.12 Å². The lowest BCUT2D eigenvalue weighted by Gasteiger charge is -2.02. The molecule has 60 valence electrons. The van der Waals surface area contributed by atoms with Crippen LogP contribution in [-0.4, -0.2) is 14.9 Å². The van der Waals surface area contributed by atoms with E-state index in [2.05, 4.69) is 0 Å². The zero-order chi connectivity index (χ0) is 6.08. The molecular weight excluding hydrogens is 209 g/mol. The van der Waals surface area contributed by atoms with Crippen molar-refractivity contribution in [2.24, 2.45) is 0 Å². The Hall–Kier alpha value is 1.02. The van der Waals surface area contributed by atoms with Crippen LogP contribution < -0.4 is 0 Å². The second kappa shape index (κ2) is 5.78. The number of rotatable bonds is 1. The van der Waals surface area contributed by atoms with Crippen LogP contribution in [0.5, 0.6) is 0 Å². The summed E-state index contributed by atoms with van der Waals surface area (Å²) in [4.78, 5) is 16.1. The van der Waals surface area contributed by atoms with E-state index in [-0.39, 0.29) is 24.8 Å². The minimum atomic E-state index is -3.97. The monoisotopic (exact) mass is 216 g/mol. The van der Waals surface area contributed by atoms with Crippen LogP contribution in [0.15, 0.2) is 0 Å². The van der Waals surface area contributed by atoms with Gasteiger partial charge in [0.15, 0.2) is 0 Å². The molecule has 0 bridgehead atoms. The van der Waals surface area contributed by atoms with Crippen molar-refractivity contribution < 1.29 is 14.4 Å². The van der Waals surface area contributed by atoms with Gasteiger partial charge in [-0.15, -0.1) is 36.4 Å². The minimum Gasteiger partial charge on any atom is -0.323 e. The smallest absolute Gasteiger partial charge is 0.323 e. The highest BCUT2D eigenvalue weighted by Crippen LogP contribution is 2.42. The Morgan fingerprint density at radius 1 is 1.44 bits per heavy atom. The van der Waals surface area contributed by atoms with Gasteiger partial charge in [-0.1, -0.05) is 0 Å². The fraction of sp³-hybridized carbons (Fsp3) is 1.00. The summed E-state index contributed by atoms with van der Waals surface area (Å²) in [7, 11) is -3.97. The lowest BCUT2D eigenvalue weighted by molar-refractivity contribution is 0.371. The van der Waals surface area contributed by atoms with E-state index >= 15 is 0 Å². The number of halogens is 3. The predicted molar refractivity (Wildman–Crippen MR) is 41.9 cm³/mol. The molecule has 0 saturated heterocycles. The number of alkyl halides is 1. The molecule has 7 heteroatoms. The van der Waals surface area contributed by atoms with E-state index in [4.69, 9.17) is 21.4 Å². The van der Waals surface area contributed by atoms with Crippen LogP contribution >= 0.6 is 44.0 Å². The van der Waals surface area contributed by atoms with Gasteiger partial charge in [0.05, 0.1) is 0 Å². The van der Waals surface area contributed by atoms with Gasteiger partial charge in [-0.3, -0.25) is 4.57 Å². The third-order valence-corrected chi connectivity index (χ3v) is 2.15. The van der Waals surface area contributed by atoms with Gasteiger partial charge in [-0.2, -0.15) is 0 Å². The molecule has 0 heterocycles. The average molecular weight is 217 g/mol. The third kappa shape index (κ3) is 9.02. The van der Waals surface area contributed by atoms with E-state index < -0.39 is 12.7 Å². The first-order valence-corrected chi connectivity index (χ1v) is 3.75. The van der Waals surface area contributed by atoms with Gasteiger partial charge in [-0.05, 0) is 6.92 Å². The van der Waals surface area contributed by atoms with Crippen LogP contribution in [-0.2, 0) is 4.57 Å². The quantitative estimate of drug-likeness (QED) is 0.518. The molecule has 0 rings (SSSR count). The topological polar surface area (TPSA) is 57.5 Å². The molecular formula is C2H8Cl3O3P. The maximum atomic E-state index is 9.89. The second-order valence-electron chi connectivity index (χ2n) is 1.16. The van der Waals surface area contributed by atoms with Crippen molar-refractivity contribution in [3.05, 3.63) is 0 Å². The molecule has 0 aliphatic rings. The van der Waals surface area contributed by atoms with Crippen molar-refractivity contribution in [1.29, 1.82) is 0 Å². The molecule has 2 N–H and O–H groups in total. The molecule has 0 amide bonds. The Kier molecular flexibility index (Phi) is 10.6. The Balaban J connectivity index is -0.000000180. The first-order valence-electron chi connectivity index (χ1n) is 1.64. The Morgan fingerprint density at radius 3 is 1.56 bits per heavy atom. The molecule has 3 nitrogen and oxygen atoms in total. The van der Waals surface area contributed by atoms with Crippen LogP contribution in [0.25, 0.3) is 0 Å². The van der Waals surface area contributed by atoms with Crippen LogP contribution in [0.4, 0.5) is 0 Å². The zero-order valence-corrected chi connectivity index (χ0v) is 7.81. The highest BCUT2D eigenvalue weighted by atomic mass is 35.5. The van der Waals surface area contributed by atoms with Gasteiger partial charge >= 0.3 is 7.60 Å². The first-order chi connectivity index (χ1) is 2.94. The molecule has 0 aliphatic carbocycles. The normalized spacial score (nSPS) is 12.9. The Bertz CT molecular complexity index is 99.2. The summed E-state index contributed by atoms with van der Waals surface area (Å²) in [6.45, 7) is 1.25. The van der Waals surface area contributed by atoms with E-state index in [1.54, 1.807) is 0 Å². The van der Waals surface area contributed by atoms with Crippen LogP contribution in [0, 0.1) is 0 Å². The van der Waals surface area contributed by atoms with Crippen molar-refractivity contribution >= 4 is 44.0 Å². The first kappa shape index (κ1) is 16.5. The summed E-state index contributed by atoms with van der Waals surface area (Å²) in [6, 6.07) is 0. The summed E-state index contributed by atoms with van der Waals surface area (Å²) in [5.41, 5.74) is 0. The summed E-state index contributed by atoms with van der Waals surface area (Å²) < 4.78 is 9.89. The molecule has 0 radical (unpaired) electrons. The molecule has 1 unspecified atom stereocenters. The largest absolute Gasteiger partial charge is 0.342 e. The van der Waals surface area contributed by atoms with E-state index in [1.807, 2.05) is 0 Å². The fourth-order valence-electron chi connectivity index (χ4n) is 0. The Labute approximate surface area is 70.8 Å². The molecule has 0 spiro atoms. The lowest BCUT2D eigenvalue weighted by Crippen LogP contribution is -1.89. The van der Waals surface area contributed by atoms with Gasteiger partial charge in [0.25, 0.3) is 0 Å². The van der Waals surface area contributed by atoms with Crippen LogP contribution in [0.1, 0.15) is 6.92 Å². The maximum Gasteiger partial charge on any atom is 0.342 e. The highest BCUT2D eigenvalue weighted by molar-refractivity contribution is 7.54. The summed E-state index contributed by atoms with van der Waals surface area (Å²) in [5, 5.41) is -1.06. The number of hydrogen-bond donors (Lipinski definition) is 2. The SMILES string of the molecule is CC(Cl)P(=O)(O)O.Cl.Cl. The second-order valence-corrected chi connectivity index (χ2v) is 4.07. The van der Waals surface area contributed by atoms with Crippen molar-refractivity contribution in [1.82, 2.24) is 0 Å². The highest BCUT2D eigenvalue weighted by Gasteiger charge is 2.19. The molecule has 0 saturated carbocycles. The van der Waals surface area contributed by atoms with Gasteiger partial charge in [-0.25, -0.2) is 0 Å². The van der Waals surface area contributed by atoms with Crippen LogP contribution in [0.3, 0.4) is 0 Å². The third-order valence-electron chi connectivity index (χ3n) is 0.463. The molecule has 0 aromatic heterocycles. The summed E-state index contributed by atoms with van der Waals surface area (Å²) >= 11 is 4.99. The van der Waals surface area contributed by atoms with Gasteiger partial charge in [0.2, 0.25) is 0 Å². The molecule has 0 aromatic rings. The molecule has 1 atom stereocenters. The zero-order valence-electron chi connectivity index (χ0n) is 4.52. The molecule has 0 fully saturated rings. The van der Waals surface area contributed by atoms with Gasteiger partial charge in [0, 0.05) is 0 Å². The molecule has 9 heavy (non-hydrogen) atoms. The standard InChI is InChI=1S/C2H6ClO3P.2ClH/c1-2(3)7(4,5)6;;/h2H,1H3,(H2,4,5,6);2*1H. The van der Waals surface area contributed by atoms with Crippen molar-refractivity contribution in [2.45, 2.75) is 12.0 Å². The predicted octanol–water partition coefficient (Wildman–Crippen LogP) is 1.59. The molecule has 0 aliphatic heterocycles. The number of hydrogen-bond acceptors (Lipinski definition) is 1. The van der Waals surface area contributed by atoms with Crippen molar-refractivity contribution in [3.8, 4) is 0 Å². The van der Waals surface area contributed by atoms with Gasteiger partial charge < -0.3 is 9.79 Å². The van der Waals surface area contributed by atoms with Crippen molar-refractivity contribution in [2.75, 3.05) is 0 Å². The van der Waals surface area contributed by atoms with E-state index in [9.17, 15) is 4.57 Å². The average Bonchev–Trinajstić information content (AvgIpc) is 1.31. The molecule has 0 aromatic carbocycles. The van der Waals surface area contributed by atoms with E-state index in [1.165, 1.54) is 6.92 Å². The van der Waals surface area contributed by atoms with Crippen LogP contribution in [0.2, 0.25) is 0 Å². The fourth-order valence-corrected chi connectivity index (χ4v) is 0. The maximum absolute atomic E-state index is 9.89. The summed E-state index contributed by atoms with van der Waals surface area (Å²) in [6.07, 6.45) is 0. The van der Waals surface area contributed by atoms with E-state index in [0.29, 0.717) is 0 Å². The van der Waals surface area contributed by atoms with E-state index in [0.717, 1.165) is 0 Å². The minimum absolute atomic E-state index is 0. The summed E-state index contributed by atoms with van der Waals surface area (Å²) in [5.74, 6) is 0. The lowest BCUT2D eigenvalue weighted by atomic mass is 11.0. The van der Waals surface area contributed by atoms with Crippen molar-refractivity contribution in [3.63, 3.8) is 0 Å². The Morgan fingerprint density at radius 2 is 1.56 bits per heavy atom.